The van der Waals surface area contributed by atoms with Gasteiger partial charge in [-0.3, -0.25) is 0 Å². The van der Waals surface area contributed by atoms with Crippen LogP contribution < -0.4 is 14.0 Å². The second-order valence-corrected chi connectivity index (χ2v) is 6.26. The minimum atomic E-state index is -1.43. The van der Waals surface area contributed by atoms with Crippen LogP contribution in [0.1, 0.15) is 5.56 Å². The Kier molecular flexibility index (Phi) is 6.28. The van der Waals surface area contributed by atoms with Crippen LogP contribution in [0.25, 0.3) is 0 Å². The van der Waals surface area contributed by atoms with Crippen molar-refractivity contribution in [1.82, 2.24) is 0 Å². The van der Waals surface area contributed by atoms with Gasteiger partial charge in [0.25, 0.3) is 0 Å². The lowest BCUT2D eigenvalue weighted by Crippen LogP contribution is -2.29. The predicted octanol–water partition coefficient (Wildman–Crippen LogP) is 5.01. The van der Waals surface area contributed by atoms with Gasteiger partial charge in [-0.05, 0) is 60.2 Å². The lowest BCUT2D eigenvalue weighted by molar-refractivity contribution is 0.297. The Bertz CT molecular complexity index is 841. The standard InChI is InChI=1S/C19H15BCl2O4/c21-15-6-10-18(11-7-15)26-20(23)25-17-8-4-14(5-9-17)13-24-19-3-1-2-16(22)12-19/h1-12,23H,13H2. The number of ether oxygens (including phenoxy) is 1. The minimum Gasteiger partial charge on any atom is -0.501 e. The Morgan fingerprint density at radius 1 is 0.731 bits per heavy atom. The first-order valence-electron chi connectivity index (χ1n) is 7.83. The van der Waals surface area contributed by atoms with Crippen molar-refractivity contribution in [3.63, 3.8) is 0 Å². The van der Waals surface area contributed by atoms with Crippen molar-refractivity contribution in [2.75, 3.05) is 0 Å². The van der Waals surface area contributed by atoms with E-state index in [-0.39, 0.29) is 0 Å². The van der Waals surface area contributed by atoms with Crippen LogP contribution in [0.4, 0.5) is 0 Å². The molecule has 0 aromatic heterocycles. The molecule has 1 N–H and O–H groups in total. The van der Waals surface area contributed by atoms with E-state index in [0.29, 0.717) is 33.9 Å². The zero-order valence-electron chi connectivity index (χ0n) is 13.6. The Morgan fingerprint density at radius 3 is 1.96 bits per heavy atom. The predicted molar refractivity (Wildman–Crippen MR) is 103 cm³/mol. The molecule has 4 nitrogen and oxygen atoms in total. The van der Waals surface area contributed by atoms with Gasteiger partial charge in [0.2, 0.25) is 0 Å². The zero-order chi connectivity index (χ0) is 18.4. The molecule has 3 rings (SSSR count). The third-order valence-corrected chi connectivity index (χ3v) is 3.90. The summed E-state index contributed by atoms with van der Waals surface area (Å²) in [6.07, 6.45) is 0. The maximum absolute atomic E-state index is 9.86. The highest BCUT2D eigenvalue weighted by Gasteiger charge is 2.21. The summed E-state index contributed by atoms with van der Waals surface area (Å²) >= 11 is 11.7. The summed E-state index contributed by atoms with van der Waals surface area (Å²) in [5, 5.41) is 11.1. The summed E-state index contributed by atoms with van der Waals surface area (Å²) in [6, 6.07) is 21.0. The minimum absolute atomic E-state index is 0.393. The van der Waals surface area contributed by atoms with Gasteiger partial charge in [0.05, 0.1) is 0 Å². The van der Waals surface area contributed by atoms with Crippen LogP contribution in [0.5, 0.6) is 17.2 Å². The molecule has 0 amide bonds. The molecule has 0 radical (unpaired) electrons. The molecular formula is C19H15BCl2O4. The fraction of sp³-hybridized carbons (Fsp3) is 0.0526. The van der Waals surface area contributed by atoms with Crippen molar-refractivity contribution in [3.05, 3.63) is 88.4 Å². The van der Waals surface area contributed by atoms with Gasteiger partial charge in [-0.2, -0.15) is 0 Å². The van der Waals surface area contributed by atoms with Crippen molar-refractivity contribution < 1.29 is 19.1 Å². The summed E-state index contributed by atoms with van der Waals surface area (Å²) < 4.78 is 16.3. The number of rotatable bonds is 7. The molecule has 0 aliphatic carbocycles. The summed E-state index contributed by atoms with van der Waals surface area (Å²) in [5.74, 6) is 1.62. The van der Waals surface area contributed by atoms with Gasteiger partial charge in [0.1, 0.15) is 23.9 Å². The molecule has 0 atom stereocenters. The largest absolute Gasteiger partial charge is 0.785 e. The maximum atomic E-state index is 9.86. The normalized spacial score (nSPS) is 10.3. The molecule has 0 spiro atoms. The van der Waals surface area contributed by atoms with E-state index in [2.05, 4.69) is 0 Å². The molecule has 7 heteroatoms. The van der Waals surface area contributed by atoms with Crippen molar-refractivity contribution >= 4 is 30.5 Å². The van der Waals surface area contributed by atoms with Gasteiger partial charge in [0.15, 0.2) is 0 Å². The zero-order valence-corrected chi connectivity index (χ0v) is 15.2. The van der Waals surface area contributed by atoms with Crippen molar-refractivity contribution in [2.24, 2.45) is 0 Å². The summed E-state index contributed by atoms with van der Waals surface area (Å²) in [6.45, 7) is 0.393. The third-order valence-electron chi connectivity index (χ3n) is 3.41. The quantitative estimate of drug-likeness (QED) is 0.578. The van der Waals surface area contributed by atoms with Crippen LogP contribution in [0.2, 0.25) is 10.0 Å². The van der Waals surface area contributed by atoms with Crippen LogP contribution in [-0.2, 0) is 6.61 Å². The van der Waals surface area contributed by atoms with Gasteiger partial charge >= 0.3 is 7.32 Å². The molecule has 0 bridgehead atoms. The topological polar surface area (TPSA) is 47.9 Å². The molecular weight excluding hydrogens is 374 g/mol. The van der Waals surface area contributed by atoms with E-state index in [1.165, 1.54) is 0 Å². The number of hydrogen-bond donors (Lipinski definition) is 1. The van der Waals surface area contributed by atoms with Crippen molar-refractivity contribution in [3.8, 4) is 17.2 Å². The highest BCUT2D eigenvalue weighted by Crippen LogP contribution is 2.20. The highest BCUT2D eigenvalue weighted by atomic mass is 35.5. The Morgan fingerprint density at radius 2 is 1.35 bits per heavy atom. The Hall–Kier alpha value is -2.34. The molecule has 0 aliphatic rings. The number of benzene rings is 3. The monoisotopic (exact) mass is 388 g/mol. The summed E-state index contributed by atoms with van der Waals surface area (Å²) in [7, 11) is -1.43. The first-order valence-corrected chi connectivity index (χ1v) is 8.58. The maximum Gasteiger partial charge on any atom is 0.785 e. The molecule has 132 valence electrons. The van der Waals surface area contributed by atoms with Gasteiger partial charge < -0.3 is 19.1 Å². The van der Waals surface area contributed by atoms with Crippen LogP contribution in [-0.4, -0.2) is 12.3 Å². The smallest absolute Gasteiger partial charge is 0.501 e. The average Bonchev–Trinajstić information content (AvgIpc) is 2.63. The van der Waals surface area contributed by atoms with E-state index in [1.807, 2.05) is 24.3 Å². The number of halogens is 2. The van der Waals surface area contributed by atoms with Gasteiger partial charge in [-0.25, -0.2) is 0 Å². The molecule has 26 heavy (non-hydrogen) atoms. The second kappa shape index (κ2) is 8.85. The molecule has 0 heterocycles. The first kappa shape index (κ1) is 18.5. The lowest BCUT2D eigenvalue weighted by atomic mass is 10.2. The number of hydrogen-bond acceptors (Lipinski definition) is 4. The SMILES string of the molecule is OB(Oc1ccc(Cl)cc1)Oc1ccc(COc2cccc(Cl)c2)cc1. The molecule has 3 aromatic carbocycles. The van der Waals surface area contributed by atoms with E-state index >= 15 is 0 Å². The highest BCUT2D eigenvalue weighted by molar-refractivity contribution is 6.36. The average molecular weight is 389 g/mol. The fourth-order valence-corrected chi connectivity index (χ4v) is 2.46. The van der Waals surface area contributed by atoms with E-state index in [4.69, 9.17) is 37.2 Å². The summed E-state index contributed by atoms with van der Waals surface area (Å²) in [5.41, 5.74) is 0.949. The Labute approximate surface area is 162 Å². The molecule has 0 saturated carbocycles. The van der Waals surface area contributed by atoms with Gasteiger partial charge in [-0.1, -0.05) is 41.4 Å². The third kappa shape index (κ3) is 5.59. The summed E-state index contributed by atoms with van der Waals surface area (Å²) in [4.78, 5) is 0. The van der Waals surface area contributed by atoms with Crippen molar-refractivity contribution in [1.29, 1.82) is 0 Å². The van der Waals surface area contributed by atoms with Crippen molar-refractivity contribution in [2.45, 2.75) is 6.61 Å². The Balaban J connectivity index is 1.51. The van der Waals surface area contributed by atoms with Gasteiger partial charge in [0, 0.05) is 10.0 Å². The molecule has 3 aromatic rings. The van der Waals surface area contributed by atoms with E-state index < -0.39 is 7.32 Å². The molecule has 0 unspecified atom stereocenters. The molecule has 0 aliphatic heterocycles. The van der Waals surface area contributed by atoms with E-state index in [9.17, 15) is 5.02 Å². The van der Waals surface area contributed by atoms with Crippen LogP contribution in [0, 0.1) is 0 Å². The van der Waals surface area contributed by atoms with Crippen LogP contribution in [0.15, 0.2) is 72.8 Å². The van der Waals surface area contributed by atoms with E-state index in [0.717, 1.165) is 5.56 Å². The molecule has 0 fully saturated rings. The second-order valence-electron chi connectivity index (χ2n) is 5.39. The molecule has 0 saturated heterocycles. The van der Waals surface area contributed by atoms with Crippen LogP contribution >= 0.6 is 23.2 Å². The van der Waals surface area contributed by atoms with Crippen LogP contribution in [0.3, 0.4) is 0 Å². The first-order chi connectivity index (χ1) is 12.6. The van der Waals surface area contributed by atoms with E-state index in [1.54, 1.807) is 48.5 Å². The lowest BCUT2D eigenvalue weighted by Gasteiger charge is -2.12. The fourth-order valence-electron chi connectivity index (χ4n) is 2.16. The van der Waals surface area contributed by atoms with Gasteiger partial charge in [-0.15, -0.1) is 0 Å².